The van der Waals surface area contributed by atoms with E-state index < -0.39 is 5.91 Å². The third-order valence-corrected chi connectivity index (χ3v) is 6.05. The van der Waals surface area contributed by atoms with Crippen LogP contribution in [0.25, 0.3) is 0 Å². The highest BCUT2D eigenvalue weighted by atomic mass is 16.1. The van der Waals surface area contributed by atoms with Crippen LogP contribution < -0.4 is 21.3 Å². The van der Waals surface area contributed by atoms with Gasteiger partial charge >= 0.3 is 0 Å². The molecule has 2 aromatic carbocycles. The fraction of sp³-hybridized carbons (Fsp3) is 0.385. The number of rotatable bonds is 6. The highest BCUT2D eigenvalue weighted by molar-refractivity contribution is 5.96. The Morgan fingerprint density at radius 2 is 1.71 bits per heavy atom. The Bertz CT molecular complexity index is 1140. The van der Waals surface area contributed by atoms with E-state index in [1.54, 1.807) is 0 Å². The molecule has 1 aliphatic heterocycles. The van der Waals surface area contributed by atoms with Crippen LogP contribution in [0.3, 0.4) is 0 Å². The molecule has 0 spiro atoms. The maximum Gasteiger partial charge on any atom is 0.273 e. The molecular weight excluding hydrogens is 426 g/mol. The van der Waals surface area contributed by atoms with Crippen molar-refractivity contribution in [2.75, 3.05) is 28.6 Å². The fourth-order valence-corrected chi connectivity index (χ4v) is 4.06. The van der Waals surface area contributed by atoms with Crippen molar-refractivity contribution in [2.24, 2.45) is 5.73 Å². The fourth-order valence-electron chi connectivity index (χ4n) is 4.06. The molecule has 8 nitrogen and oxygen atoms in total. The number of carbonyl (C=O) groups excluding carboxylic acids is 1. The van der Waals surface area contributed by atoms with Gasteiger partial charge in [-0.25, -0.2) is 0 Å². The van der Waals surface area contributed by atoms with Gasteiger partial charge in [-0.05, 0) is 55.0 Å². The number of hydrogen-bond acceptors (Lipinski definition) is 7. The van der Waals surface area contributed by atoms with Crippen LogP contribution in [-0.2, 0) is 5.41 Å². The highest BCUT2D eigenvalue weighted by Gasteiger charge is 2.24. The molecule has 0 radical (unpaired) electrons. The number of nitrogens with zero attached hydrogens (tertiary/aromatic N) is 4. The van der Waals surface area contributed by atoms with Gasteiger partial charge in [0.2, 0.25) is 5.95 Å². The standard InChI is InChI=1S/C26H33N7O/c1-17-7-11-20(12-8-17)29-24-22(23(27)34)31-32-25(30-24)33-15-5-6-21(16-33)28-19-13-9-18(10-14-19)26(2,3)4/h7-14,21,28H,5-6,15-16H2,1-4H3,(H2,27,34)(H,29,30,32)/t21-/m1/s1. The predicted octanol–water partition coefficient (Wildman–Crippen LogP) is 4.40. The number of nitrogens with one attached hydrogen (secondary N) is 2. The average Bonchev–Trinajstić information content (AvgIpc) is 2.80. The molecular formula is C26H33N7O. The number of aromatic nitrogens is 3. The van der Waals surface area contributed by atoms with Crippen molar-refractivity contribution in [1.29, 1.82) is 0 Å². The first-order chi connectivity index (χ1) is 16.2. The molecule has 0 aliphatic carbocycles. The van der Waals surface area contributed by atoms with E-state index in [1.165, 1.54) is 5.56 Å². The van der Waals surface area contributed by atoms with E-state index in [9.17, 15) is 4.79 Å². The monoisotopic (exact) mass is 459 g/mol. The van der Waals surface area contributed by atoms with Gasteiger partial charge in [0.15, 0.2) is 11.5 Å². The summed E-state index contributed by atoms with van der Waals surface area (Å²) in [5.74, 6) is 0.126. The normalized spacial score (nSPS) is 16.2. The highest BCUT2D eigenvalue weighted by Crippen LogP contribution is 2.26. The summed E-state index contributed by atoms with van der Waals surface area (Å²) in [5.41, 5.74) is 10.0. The number of benzene rings is 2. The Morgan fingerprint density at radius 3 is 2.35 bits per heavy atom. The van der Waals surface area contributed by atoms with Gasteiger partial charge in [0.05, 0.1) is 0 Å². The van der Waals surface area contributed by atoms with Gasteiger partial charge in [0.1, 0.15) is 0 Å². The lowest BCUT2D eigenvalue weighted by Gasteiger charge is -2.33. The van der Waals surface area contributed by atoms with E-state index in [0.29, 0.717) is 11.8 Å². The molecule has 1 aromatic heterocycles. The number of anilines is 4. The van der Waals surface area contributed by atoms with E-state index in [0.717, 1.165) is 42.9 Å². The van der Waals surface area contributed by atoms with Gasteiger partial charge in [-0.15, -0.1) is 10.2 Å². The van der Waals surface area contributed by atoms with Crippen LogP contribution in [-0.4, -0.2) is 40.2 Å². The van der Waals surface area contributed by atoms with Crippen molar-refractivity contribution in [3.8, 4) is 0 Å². The number of aryl methyl sites for hydroxylation is 1. The summed E-state index contributed by atoms with van der Waals surface area (Å²) in [5, 5.41) is 15.1. The molecule has 1 aliphatic rings. The van der Waals surface area contributed by atoms with Gasteiger partial charge in [0.25, 0.3) is 5.91 Å². The second-order valence-corrected chi connectivity index (χ2v) is 9.92. The zero-order chi connectivity index (χ0) is 24.3. The van der Waals surface area contributed by atoms with Crippen molar-refractivity contribution in [1.82, 2.24) is 15.2 Å². The lowest BCUT2D eigenvalue weighted by atomic mass is 9.87. The van der Waals surface area contributed by atoms with E-state index in [4.69, 9.17) is 5.73 Å². The molecule has 4 rings (SSSR count). The number of primary amides is 1. The Morgan fingerprint density at radius 1 is 1.03 bits per heavy atom. The quantitative estimate of drug-likeness (QED) is 0.501. The summed E-state index contributed by atoms with van der Waals surface area (Å²) in [6.07, 6.45) is 2.05. The molecule has 0 saturated carbocycles. The molecule has 34 heavy (non-hydrogen) atoms. The minimum atomic E-state index is -0.668. The van der Waals surface area contributed by atoms with Crippen molar-refractivity contribution in [3.63, 3.8) is 0 Å². The summed E-state index contributed by atoms with van der Waals surface area (Å²) in [6.45, 7) is 10.2. The molecule has 1 amide bonds. The summed E-state index contributed by atoms with van der Waals surface area (Å²) < 4.78 is 0. The van der Waals surface area contributed by atoms with Crippen molar-refractivity contribution >= 4 is 29.0 Å². The second kappa shape index (κ2) is 9.67. The molecule has 0 bridgehead atoms. The summed E-state index contributed by atoms with van der Waals surface area (Å²) >= 11 is 0. The molecule has 1 saturated heterocycles. The van der Waals surface area contributed by atoms with Crippen LogP contribution in [0.1, 0.15) is 55.2 Å². The molecule has 0 unspecified atom stereocenters. The van der Waals surface area contributed by atoms with E-state index >= 15 is 0 Å². The first kappa shape index (κ1) is 23.5. The topological polar surface area (TPSA) is 109 Å². The van der Waals surface area contributed by atoms with E-state index in [-0.39, 0.29) is 17.2 Å². The third-order valence-electron chi connectivity index (χ3n) is 6.05. The van der Waals surface area contributed by atoms with E-state index in [1.807, 2.05) is 31.2 Å². The van der Waals surface area contributed by atoms with Crippen LogP contribution in [0, 0.1) is 6.92 Å². The maximum atomic E-state index is 11.9. The molecule has 1 fully saturated rings. The van der Waals surface area contributed by atoms with Crippen molar-refractivity contribution in [2.45, 2.75) is 52.0 Å². The van der Waals surface area contributed by atoms with Gasteiger partial charge in [0, 0.05) is 30.5 Å². The van der Waals surface area contributed by atoms with Gasteiger partial charge in [-0.3, -0.25) is 4.79 Å². The number of piperidine rings is 1. The molecule has 3 aromatic rings. The van der Waals surface area contributed by atoms with Crippen LogP contribution in [0.15, 0.2) is 48.5 Å². The second-order valence-electron chi connectivity index (χ2n) is 9.92. The smallest absolute Gasteiger partial charge is 0.273 e. The number of hydrogen-bond donors (Lipinski definition) is 3. The summed E-state index contributed by atoms with van der Waals surface area (Å²) in [7, 11) is 0. The summed E-state index contributed by atoms with van der Waals surface area (Å²) in [4.78, 5) is 18.6. The molecule has 2 heterocycles. The molecule has 1 atom stereocenters. The van der Waals surface area contributed by atoms with Crippen LogP contribution >= 0.6 is 0 Å². The Labute approximate surface area is 201 Å². The van der Waals surface area contributed by atoms with E-state index in [2.05, 4.69) is 75.8 Å². The van der Waals surface area contributed by atoms with Gasteiger partial charge < -0.3 is 21.3 Å². The predicted molar refractivity (Wildman–Crippen MR) is 137 cm³/mol. The zero-order valence-electron chi connectivity index (χ0n) is 20.3. The number of carbonyl (C=O) groups is 1. The first-order valence-corrected chi connectivity index (χ1v) is 11.7. The first-order valence-electron chi connectivity index (χ1n) is 11.7. The maximum absolute atomic E-state index is 11.9. The van der Waals surface area contributed by atoms with Crippen LogP contribution in [0.4, 0.5) is 23.1 Å². The van der Waals surface area contributed by atoms with Crippen LogP contribution in [0.5, 0.6) is 0 Å². The van der Waals surface area contributed by atoms with Gasteiger partial charge in [-0.2, -0.15) is 4.98 Å². The largest absolute Gasteiger partial charge is 0.381 e. The molecule has 8 heteroatoms. The number of nitrogens with two attached hydrogens (primary N) is 1. The molecule has 4 N–H and O–H groups in total. The SMILES string of the molecule is Cc1ccc(Nc2nc(N3CCC[C@@H](Nc4ccc(C(C)(C)C)cc4)C3)nnc2C(N)=O)cc1. The Balaban J connectivity index is 1.49. The summed E-state index contributed by atoms with van der Waals surface area (Å²) in [6, 6.07) is 16.7. The van der Waals surface area contributed by atoms with Gasteiger partial charge in [-0.1, -0.05) is 50.6 Å². The lowest BCUT2D eigenvalue weighted by molar-refractivity contribution is 0.0995. The number of amides is 1. The Hall–Kier alpha value is -3.68. The average molecular weight is 460 g/mol. The lowest BCUT2D eigenvalue weighted by Crippen LogP contribution is -2.43. The third kappa shape index (κ3) is 5.62. The molecule has 178 valence electrons. The van der Waals surface area contributed by atoms with Crippen molar-refractivity contribution < 1.29 is 4.79 Å². The minimum Gasteiger partial charge on any atom is -0.381 e. The van der Waals surface area contributed by atoms with Crippen molar-refractivity contribution in [3.05, 3.63) is 65.4 Å². The Kier molecular flexibility index (Phi) is 6.68. The van der Waals surface area contributed by atoms with Crippen LogP contribution in [0.2, 0.25) is 0 Å². The minimum absolute atomic E-state index is 0.0231. The zero-order valence-corrected chi connectivity index (χ0v) is 20.3.